The van der Waals surface area contributed by atoms with Gasteiger partial charge in [-0.05, 0) is 44.2 Å². The van der Waals surface area contributed by atoms with Crippen LogP contribution in [0.4, 0.5) is 4.39 Å². The zero-order valence-corrected chi connectivity index (χ0v) is 11.7. The smallest absolute Gasteiger partial charge is 0.170 e. The zero-order valence-electron chi connectivity index (χ0n) is 11.7. The summed E-state index contributed by atoms with van der Waals surface area (Å²) in [7, 11) is 2.01. The van der Waals surface area contributed by atoms with E-state index in [0.717, 1.165) is 18.4 Å². The number of hydrogen-bond donors (Lipinski definition) is 2. The summed E-state index contributed by atoms with van der Waals surface area (Å²) in [5, 5.41) is 11.5. The lowest BCUT2D eigenvalue weighted by molar-refractivity contribution is 0.236. The number of nitrogens with zero attached hydrogens (tertiary/aromatic N) is 2. The Morgan fingerprint density at radius 1 is 1.47 bits per heavy atom. The summed E-state index contributed by atoms with van der Waals surface area (Å²) in [5.41, 5.74) is 6.70. The summed E-state index contributed by atoms with van der Waals surface area (Å²) in [6.45, 7) is 4.92. The van der Waals surface area contributed by atoms with Crippen molar-refractivity contribution in [1.82, 2.24) is 4.90 Å². The number of amidine groups is 1. The molecule has 0 aliphatic rings. The van der Waals surface area contributed by atoms with Gasteiger partial charge >= 0.3 is 0 Å². The maximum absolute atomic E-state index is 13.5. The van der Waals surface area contributed by atoms with Crippen molar-refractivity contribution in [3.63, 3.8) is 0 Å². The third kappa shape index (κ3) is 4.52. The monoisotopic (exact) mass is 267 g/mol. The van der Waals surface area contributed by atoms with Crippen LogP contribution in [-0.2, 0) is 6.54 Å². The number of benzene rings is 1. The molecule has 1 aromatic carbocycles. The normalized spacial score (nSPS) is 13.8. The average molecular weight is 267 g/mol. The van der Waals surface area contributed by atoms with Crippen molar-refractivity contribution in [3.8, 4) is 0 Å². The topological polar surface area (TPSA) is 61.8 Å². The second-order valence-electron chi connectivity index (χ2n) is 4.89. The van der Waals surface area contributed by atoms with Gasteiger partial charge in [0.1, 0.15) is 5.82 Å². The SMILES string of the molecule is CCCC(C)N(C)Cc1cc(F)cc(/C(N)=N/O)c1. The number of nitrogens with two attached hydrogens (primary N) is 1. The van der Waals surface area contributed by atoms with Gasteiger partial charge in [-0.2, -0.15) is 0 Å². The molecule has 0 aromatic heterocycles. The van der Waals surface area contributed by atoms with Crippen molar-refractivity contribution in [2.24, 2.45) is 10.9 Å². The number of rotatable bonds is 6. The van der Waals surface area contributed by atoms with Gasteiger partial charge in [-0.3, -0.25) is 4.90 Å². The molecular weight excluding hydrogens is 245 g/mol. The molecule has 0 aliphatic heterocycles. The molecule has 5 heteroatoms. The summed E-state index contributed by atoms with van der Waals surface area (Å²) in [4.78, 5) is 2.16. The second kappa shape index (κ2) is 7.09. The van der Waals surface area contributed by atoms with Gasteiger partial charge in [-0.15, -0.1) is 0 Å². The predicted molar refractivity (Wildman–Crippen MR) is 74.7 cm³/mol. The van der Waals surface area contributed by atoms with E-state index in [1.165, 1.54) is 12.1 Å². The molecule has 0 aliphatic carbocycles. The second-order valence-corrected chi connectivity index (χ2v) is 4.89. The maximum Gasteiger partial charge on any atom is 0.170 e. The van der Waals surface area contributed by atoms with Crippen LogP contribution in [0.1, 0.15) is 37.8 Å². The van der Waals surface area contributed by atoms with E-state index >= 15 is 0 Å². The van der Waals surface area contributed by atoms with Crippen LogP contribution in [0.3, 0.4) is 0 Å². The van der Waals surface area contributed by atoms with E-state index in [-0.39, 0.29) is 11.7 Å². The quantitative estimate of drug-likeness (QED) is 0.360. The molecule has 0 saturated carbocycles. The first kappa shape index (κ1) is 15.4. The van der Waals surface area contributed by atoms with Crippen LogP contribution in [-0.4, -0.2) is 29.0 Å². The standard InChI is InChI=1S/C14H22FN3O/c1-4-5-10(2)18(3)9-11-6-12(14(16)17-19)8-13(15)7-11/h6-8,10,19H,4-5,9H2,1-3H3,(H2,16,17). The van der Waals surface area contributed by atoms with Gasteiger partial charge in [0, 0.05) is 18.2 Å². The molecule has 0 fully saturated rings. The van der Waals surface area contributed by atoms with Crippen LogP contribution in [0.15, 0.2) is 23.4 Å². The van der Waals surface area contributed by atoms with Gasteiger partial charge in [-0.1, -0.05) is 18.5 Å². The lowest BCUT2D eigenvalue weighted by Gasteiger charge is -2.24. The summed E-state index contributed by atoms with van der Waals surface area (Å²) < 4.78 is 13.5. The van der Waals surface area contributed by atoms with Gasteiger partial charge in [0.05, 0.1) is 0 Å². The molecule has 0 heterocycles. The first-order valence-corrected chi connectivity index (χ1v) is 6.45. The highest BCUT2D eigenvalue weighted by Crippen LogP contribution is 2.14. The molecule has 3 N–H and O–H groups in total. The van der Waals surface area contributed by atoms with E-state index < -0.39 is 0 Å². The largest absolute Gasteiger partial charge is 0.409 e. The highest BCUT2D eigenvalue weighted by atomic mass is 19.1. The lowest BCUT2D eigenvalue weighted by atomic mass is 10.1. The first-order chi connectivity index (χ1) is 8.97. The molecule has 1 atom stereocenters. The predicted octanol–water partition coefficient (Wildman–Crippen LogP) is 2.54. The zero-order chi connectivity index (χ0) is 14.4. The Kier molecular flexibility index (Phi) is 5.76. The van der Waals surface area contributed by atoms with Crippen molar-refractivity contribution < 1.29 is 9.60 Å². The van der Waals surface area contributed by atoms with Crippen LogP contribution in [0.2, 0.25) is 0 Å². The van der Waals surface area contributed by atoms with E-state index in [0.29, 0.717) is 18.2 Å². The Labute approximate surface area is 113 Å². The third-order valence-electron chi connectivity index (χ3n) is 3.25. The Morgan fingerprint density at radius 2 is 2.16 bits per heavy atom. The fraction of sp³-hybridized carbons (Fsp3) is 0.500. The maximum atomic E-state index is 13.5. The Bertz CT molecular complexity index is 448. The summed E-state index contributed by atoms with van der Waals surface area (Å²) in [5.74, 6) is -0.458. The molecule has 19 heavy (non-hydrogen) atoms. The number of oxime groups is 1. The van der Waals surface area contributed by atoms with Crippen LogP contribution in [0.5, 0.6) is 0 Å². The van der Waals surface area contributed by atoms with E-state index in [1.807, 2.05) is 7.05 Å². The molecule has 0 spiro atoms. The van der Waals surface area contributed by atoms with Crippen LogP contribution in [0, 0.1) is 5.82 Å². The van der Waals surface area contributed by atoms with E-state index in [1.54, 1.807) is 6.07 Å². The highest BCUT2D eigenvalue weighted by molar-refractivity contribution is 5.97. The van der Waals surface area contributed by atoms with E-state index in [4.69, 9.17) is 10.9 Å². The van der Waals surface area contributed by atoms with Crippen molar-refractivity contribution in [2.45, 2.75) is 39.3 Å². The molecule has 0 saturated heterocycles. The van der Waals surface area contributed by atoms with Crippen molar-refractivity contribution in [1.29, 1.82) is 0 Å². The molecule has 1 rings (SSSR count). The molecule has 0 radical (unpaired) electrons. The molecule has 0 amide bonds. The van der Waals surface area contributed by atoms with Crippen molar-refractivity contribution in [2.75, 3.05) is 7.05 Å². The molecule has 1 aromatic rings. The van der Waals surface area contributed by atoms with Gasteiger partial charge in [0.2, 0.25) is 0 Å². The van der Waals surface area contributed by atoms with Gasteiger partial charge in [0.15, 0.2) is 5.84 Å². The van der Waals surface area contributed by atoms with E-state index in [9.17, 15) is 4.39 Å². The molecule has 106 valence electrons. The molecule has 0 bridgehead atoms. The lowest BCUT2D eigenvalue weighted by Crippen LogP contribution is -2.28. The minimum Gasteiger partial charge on any atom is -0.409 e. The summed E-state index contributed by atoms with van der Waals surface area (Å²) in [6.07, 6.45) is 2.21. The molecular formula is C14H22FN3O. The Hall–Kier alpha value is -1.62. The van der Waals surface area contributed by atoms with Gasteiger partial charge in [-0.25, -0.2) is 4.39 Å². The number of hydrogen-bond acceptors (Lipinski definition) is 3. The van der Waals surface area contributed by atoms with E-state index in [2.05, 4.69) is 23.9 Å². The highest BCUT2D eigenvalue weighted by Gasteiger charge is 2.11. The summed E-state index contributed by atoms with van der Waals surface area (Å²) in [6, 6.07) is 4.91. The van der Waals surface area contributed by atoms with Crippen molar-refractivity contribution >= 4 is 5.84 Å². The molecule has 4 nitrogen and oxygen atoms in total. The summed E-state index contributed by atoms with van der Waals surface area (Å²) >= 11 is 0. The average Bonchev–Trinajstić information content (AvgIpc) is 2.37. The van der Waals surface area contributed by atoms with Crippen LogP contribution < -0.4 is 5.73 Å². The first-order valence-electron chi connectivity index (χ1n) is 6.45. The fourth-order valence-electron chi connectivity index (χ4n) is 2.03. The molecule has 1 unspecified atom stereocenters. The minimum atomic E-state index is -0.379. The fourth-order valence-corrected chi connectivity index (χ4v) is 2.03. The Morgan fingerprint density at radius 3 is 2.74 bits per heavy atom. The van der Waals surface area contributed by atoms with Gasteiger partial charge < -0.3 is 10.9 Å². The minimum absolute atomic E-state index is 0.0787. The van der Waals surface area contributed by atoms with Crippen LogP contribution >= 0.6 is 0 Å². The third-order valence-corrected chi connectivity index (χ3v) is 3.25. The van der Waals surface area contributed by atoms with Crippen molar-refractivity contribution in [3.05, 3.63) is 35.1 Å². The van der Waals surface area contributed by atoms with Crippen LogP contribution in [0.25, 0.3) is 0 Å². The van der Waals surface area contributed by atoms with Gasteiger partial charge in [0.25, 0.3) is 0 Å². The number of halogens is 1. The Balaban J connectivity index is 2.86.